The number of anilines is 1. The van der Waals surface area contributed by atoms with Gasteiger partial charge in [0.15, 0.2) is 0 Å². The van der Waals surface area contributed by atoms with E-state index in [1.807, 2.05) is 18.3 Å². The molecule has 1 aliphatic carbocycles. The zero-order valence-electron chi connectivity index (χ0n) is 13.9. The molecule has 0 amide bonds. The Balaban J connectivity index is 1.34. The number of aromatic nitrogens is 2. The molecule has 2 aliphatic rings. The van der Waals surface area contributed by atoms with Crippen LogP contribution in [0.15, 0.2) is 29.9 Å². The maximum absolute atomic E-state index is 8.88. The summed E-state index contributed by atoms with van der Waals surface area (Å²) in [7, 11) is 2.23. The van der Waals surface area contributed by atoms with Crippen LogP contribution in [0.1, 0.15) is 29.8 Å². The molecule has 1 saturated carbocycles. The number of rotatable bonds is 4. The smallest absolute Gasteiger partial charge is 0.128 e. The van der Waals surface area contributed by atoms with E-state index in [-0.39, 0.29) is 0 Å². The molecule has 2 aromatic rings. The van der Waals surface area contributed by atoms with Crippen LogP contribution in [-0.2, 0) is 6.54 Å². The van der Waals surface area contributed by atoms with Crippen LogP contribution in [-0.4, -0.2) is 41.0 Å². The summed E-state index contributed by atoms with van der Waals surface area (Å²) >= 11 is 1.74. The van der Waals surface area contributed by atoms with Gasteiger partial charge in [0.05, 0.1) is 12.1 Å². The largest absolute Gasteiger partial charge is 0.357 e. The van der Waals surface area contributed by atoms with E-state index in [4.69, 9.17) is 5.26 Å². The Bertz CT molecular complexity index is 726. The highest BCUT2D eigenvalue weighted by molar-refractivity contribution is 7.09. The second-order valence-corrected chi connectivity index (χ2v) is 7.91. The highest BCUT2D eigenvalue weighted by Crippen LogP contribution is 2.56. The molecular weight excluding hydrogens is 318 g/mol. The number of nitrogens with zero attached hydrogens (tertiary/aromatic N) is 5. The Morgan fingerprint density at radius 3 is 2.83 bits per heavy atom. The maximum Gasteiger partial charge on any atom is 0.128 e. The van der Waals surface area contributed by atoms with E-state index in [9.17, 15) is 0 Å². The van der Waals surface area contributed by atoms with Crippen molar-refractivity contribution >= 4 is 17.2 Å². The molecule has 1 spiro atoms. The Hall–Kier alpha value is -1.97. The Labute approximate surface area is 146 Å². The van der Waals surface area contributed by atoms with Crippen LogP contribution in [0, 0.1) is 16.7 Å². The van der Waals surface area contributed by atoms with Crippen molar-refractivity contribution in [1.29, 1.82) is 5.26 Å². The summed E-state index contributed by atoms with van der Waals surface area (Å²) in [6, 6.07) is 6.64. The SMILES string of the molecule is CN(Cc1nccs1)[C@@H]1CC12CCN(c1ccc(C#N)cn1)CC2. The van der Waals surface area contributed by atoms with Crippen molar-refractivity contribution in [3.8, 4) is 6.07 Å². The molecule has 1 saturated heterocycles. The first-order valence-electron chi connectivity index (χ1n) is 8.40. The van der Waals surface area contributed by atoms with Crippen molar-refractivity contribution in [3.63, 3.8) is 0 Å². The second kappa shape index (κ2) is 6.15. The predicted octanol–water partition coefficient (Wildman–Crippen LogP) is 2.90. The molecule has 3 heterocycles. The third kappa shape index (κ3) is 2.90. The first kappa shape index (κ1) is 15.6. The molecule has 1 aliphatic heterocycles. The van der Waals surface area contributed by atoms with Crippen LogP contribution in [0.25, 0.3) is 0 Å². The fourth-order valence-electron chi connectivity index (χ4n) is 3.96. The van der Waals surface area contributed by atoms with Gasteiger partial charge < -0.3 is 4.90 Å². The van der Waals surface area contributed by atoms with Gasteiger partial charge in [-0.3, -0.25) is 4.90 Å². The number of thiazole rings is 1. The van der Waals surface area contributed by atoms with Crippen molar-refractivity contribution in [2.45, 2.75) is 31.8 Å². The van der Waals surface area contributed by atoms with E-state index < -0.39 is 0 Å². The van der Waals surface area contributed by atoms with Gasteiger partial charge in [0, 0.05) is 36.9 Å². The van der Waals surface area contributed by atoms with Gasteiger partial charge in [0.1, 0.15) is 16.9 Å². The molecule has 2 fully saturated rings. The molecular formula is C18H21N5S. The lowest BCUT2D eigenvalue weighted by Gasteiger charge is -2.34. The fourth-order valence-corrected chi connectivity index (χ4v) is 4.64. The molecule has 1 atom stereocenters. The van der Waals surface area contributed by atoms with Crippen LogP contribution in [0.3, 0.4) is 0 Å². The van der Waals surface area contributed by atoms with Crippen molar-refractivity contribution in [1.82, 2.24) is 14.9 Å². The van der Waals surface area contributed by atoms with Crippen LogP contribution in [0.4, 0.5) is 5.82 Å². The summed E-state index contributed by atoms with van der Waals surface area (Å²) < 4.78 is 0. The molecule has 0 bridgehead atoms. The molecule has 0 radical (unpaired) electrons. The van der Waals surface area contributed by atoms with Gasteiger partial charge in [-0.1, -0.05) is 0 Å². The summed E-state index contributed by atoms with van der Waals surface area (Å²) in [6.45, 7) is 3.08. The molecule has 6 heteroatoms. The zero-order valence-corrected chi connectivity index (χ0v) is 14.7. The normalized spacial score (nSPS) is 21.9. The van der Waals surface area contributed by atoms with Gasteiger partial charge in [0.2, 0.25) is 0 Å². The summed E-state index contributed by atoms with van der Waals surface area (Å²) in [4.78, 5) is 13.7. The van der Waals surface area contributed by atoms with Crippen LogP contribution >= 0.6 is 11.3 Å². The van der Waals surface area contributed by atoms with E-state index >= 15 is 0 Å². The molecule has 24 heavy (non-hydrogen) atoms. The summed E-state index contributed by atoms with van der Waals surface area (Å²) in [5.74, 6) is 0.997. The van der Waals surface area contributed by atoms with Gasteiger partial charge in [0.25, 0.3) is 0 Å². The van der Waals surface area contributed by atoms with Gasteiger partial charge >= 0.3 is 0 Å². The van der Waals surface area contributed by atoms with Crippen LogP contribution in [0.2, 0.25) is 0 Å². The molecule has 4 rings (SSSR count). The summed E-state index contributed by atoms with van der Waals surface area (Å²) in [5.41, 5.74) is 1.12. The van der Waals surface area contributed by atoms with Crippen LogP contribution in [0.5, 0.6) is 0 Å². The van der Waals surface area contributed by atoms with Crippen molar-refractivity contribution in [2.75, 3.05) is 25.0 Å². The standard InChI is InChI=1S/C18H21N5S/c1-22(13-17-20-6-9-24-17)15-10-18(15)4-7-23(8-5-18)16-3-2-14(11-19)12-21-16/h2-3,6,9,12,15H,4-5,7-8,10,13H2,1H3/t15-/m1/s1. The third-order valence-electron chi connectivity index (χ3n) is 5.51. The number of hydrogen-bond donors (Lipinski definition) is 0. The monoisotopic (exact) mass is 339 g/mol. The summed E-state index contributed by atoms with van der Waals surface area (Å²) in [5, 5.41) is 12.1. The number of piperidine rings is 1. The molecule has 0 unspecified atom stereocenters. The lowest BCUT2D eigenvalue weighted by Crippen LogP contribution is -2.38. The van der Waals surface area contributed by atoms with E-state index in [0.717, 1.165) is 25.5 Å². The average molecular weight is 339 g/mol. The minimum Gasteiger partial charge on any atom is -0.357 e. The predicted molar refractivity (Wildman–Crippen MR) is 94.8 cm³/mol. The van der Waals surface area contributed by atoms with Crippen molar-refractivity contribution in [3.05, 3.63) is 40.5 Å². The minimum absolute atomic E-state index is 0.495. The number of nitriles is 1. The zero-order chi connectivity index (χ0) is 16.6. The van der Waals surface area contributed by atoms with E-state index in [0.29, 0.717) is 17.0 Å². The van der Waals surface area contributed by atoms with Gasteiger partial charge in [-0.05, 0) is 43.9 Å². The average Bonchev–Trinajstić information content (AvgIpc) is 3.07. The van der Waals surface area contributed by atoms with Crippen LogP contribution < -0.4 is 4.90 Å². The van der Waals surface area contributed by atoms with E-state index in [2.05, 4.69) is 38.3 Å². The molecule has 0 aromatic carbocycles. The van der Waals surface area contributed by atoms with Crippen molar-refractivity contribution in [2.24, 2.45) is 5.41 Å². The number of pyridine rings is 1. The fraction of sp³-hybridized carbons (Fsp3) is 0.500. The lowest BCUT2D eigenvalue weighted by molar-refractivity contribution is 0.238. The number of hydrogen-bond acceptors (Lipinski definition) is 6. The lowest BCUT2D eigenvalue weighted by atomic mass is 9.92. The topological polar surface area (TPSA) is 56.1 Å². The molecule has 0 N–H and O–H groups in total. The molecule has 124 valence electrons. The quantitative estimate of drug-likeness (QED) is 0.857. The Kier molecular flexibility index (Phi) is 3.99. The Morgan fingerprint density at radius 1 is 1.38 bits per heavy atom. The third-order valence-corrected chi connectivity index (χ3v) is 6.27. The summed E-state index contributed by atoms with van der Waals surface area (Å²) in [6.07, 6.45) is 7.31. The van der Waals surface area contributed by atoms with Gasteiger partial charge in [-0.2, -0.15) is 5.26 Å². The molecule has 2 aromatic heterocycles. The first-order chi connectivity index (χ1) is 11.7. The van der Waals surface area contributed by atoms with Gasteiger partial charge in [-0.15, -0.1) is 11.3 Å². The highest BCUT2D eigenvalue weighted by atomic mass is 32.1. The van der Waals surface area contributed by atoms with Crippen molar-refractivity contribution < 1.29 is 0 Å². The van der Waals surface area contributed by atoms with E-state index in [1.165, 1.54) is 24.3 Å². The van der Waals surface area contributed by atoms with Gasteiger partial charge in [-0.25, -0.2) is 9.97 Å². The minimum atomic E-state index is 0.495. The van der Waals surface area contributed by atoms with E-state index in [1.54, 1.807) is 17.5 Å². The highest BCUT2D eigenvalue weighted by Gasteiger charge is 2.56. The maximum atomic E-state index is 8.88. The molecule has 5 nitrogen and oxygen atoms in total. The first-order valence-corrected chi connectivity index (χ1v) is 9.28. The Morgan fingerprint density at radius 2 is 2.21 bits per heavy atom. The second-order valence-electron chi connectivity index (χ2n) is 6.93.